The van der Waals surface area contributed by atoms with Gasteiger partial charge in [0.05, 0.1) is 11.8 Å². The second-order valence-electron chi connectivity index (χ2n) is 8.03. The van der Waals surface area contributed by atoms with Gasteiger partial charge in [-0.05, 0) is 49.2 Å². The number of carbonyl (C=O) groups is 2. The largest absolute Gasteiger partial charge is 0.438 e. The molecule has 5 rings (SSSR count). The third-order valence-electron chi connectivity index (χ3n) is 5.26. The van der Waals surface area contributed by atoms with E-state index >= 15 is 0 Å². The van der Waals surface area contributed by atoms with Crippen LogP contribution in [-0.2, 0) is 11.0 Å². The molecule has 11 heteroatoms. The van der Waals surface area contributed by atoms with Crippen molar-refractivity contribution in [2.45, 2.75) is 19.0 Å². The molecule has 0 atom stereocenters. The molecule has 1 aliphatic carbocycles. The Labute approximate surface area is 196 Å². The molecule has 4 aromatic rings. The molecule has 178 valence electrons. The Kier molecular flexibility index (Phi) is 5.59. The Morgan fingerprint density at radius 1 is 1.00 bits per heavy atom. The zero-order valence-corrected chi connectivity index (χ0v) is 18.0. The molecule has 35 heavy (non-hydrogen) atoms. The van der Waals surface area contributed by atoms with Crippen molar-refractivity contribution in [3.8, 4) is 11.6 Å². The molecule has 2 aromatic carbocycles. The molecular weight excluding hydrogens is 463 g/mol. The minimum Gasteiger partial charge on any atom is -0.438 e. The number of halogens is 3. The van der Waals surface area contributed by atoms with Gasteiger partial charge in [0.15, 0.2) is 11.5 Å². The molecule has 1 fully saturated rings. The van der Waals surface area contributed by atoms with Crippen LogP contribution in [-0.4, -0.2) is 26.4 Å². The normalized spacial score (nSPS) is 13.5. The summed E-state index contributed by atoms with van der Waals surface area (Å²) in [5, 5.41) is 9.64. The van der Waals surface area contributed by atoms with Gasteiger partial charge in [-0.1, -0.05) is 12.1 Å². The molecular formula is C24H18F3N5O3. The number of nitrogens with zero attached hydrogens (tertiary/aromatic N) is 3. The van der Waals surface area contributed by atoms with Crippen molar-refractivity contribution >= 4 is 29.0 Å². The van der Waals surface area contributed by atoms with E-state index in [4.69, 9.17) is 4.74 Å². The van der Waals surface area contributed by atoms with Crippen LogP contribution in [0.15, 0.2) is 66.9 Å². The second-order valence-corrected chi connectivity index (χ2v) is 8.03. The maximum atomic E-state index is 12.9. The number of fused-ring (bicyclic) bond motifs is 1. The number of amides is 2. The number of imidazole rings is 1. The van der Waals surface area contributed by atoms with Gasteiger partial charge in [-0.25, -0.2) is 9.50 Å². The lowest BCUT2D eigenvalue weighted by Crippen LogP contribution is -2.13. The number of ether oxygens (including phenoxy) is 1. The third-order valence-corrected chi connectivity index (χ3v) is 5.26. The van der Waals surface area contributed by atoms with Crippen molar-refractivity contribution in [1.29, 1.82) is 0 Å². The van der Waals surface area contributed by atoms with Crippen LogP contribution in [0, 0.1) is 5.92 Å². The summed E-state index contributed by atoms with van der Waals surface area (Å²) in [6, 6.07) is 13.8. The fraction of sp³-hybridized carbons (Fsp3) is 0.167. The molecule has 0 bridgehead atoms. The zero-order chi connectivity index (χ0) is 24.6. The van der Waals surface area contributed by atoms with Gasteiger partial charge in [-0.15, -0.1) is 5.10 Å². The monoisotopic (exact) mass is 481 g/mol. The molecule has 2 amide bonds. The first-order valence-corrected chi connectivity index (χ1v) is 10.7. The summed E-state index contributed by atoms with van der Waals surface area (Å²) in [6.45, 7) is 0. The third kappa shape index (κ3) is 5.24. The summed E-state index contributed by atoms with van der Waals surface area (Å²) < 4.78 is 46.0. The fourth-order valence-corrected chi connectivity index (χ4v) is 3.35. The number of alkyl halides is 3. The SMILES string of the molecule is O=C(Nc1cccc(Oc2ccc3nc(NC(=O)C4CC4)cn3n2)c1)c1cccc(C(F)(F)F)c1. The summed E-state index contributed by atoms with van der Waals surface area (Å²) in [4.78, 5) is 28.7. The van der Waals surface area contributed by atoms with Crippen LogP contribution in [0.2, 0.25) is 0 Å². The Morgan fingerprint density at radius 2 is 1.80 bits per heavy atom. The van der Waals surface area contributed by atoms with Crippen molar-refractivity contribution < 1.29 is 27.5 Å². The van der Waals surface area contributed by atoms with E-state index in [1.165, 1.54) is 22.7 Å². The number of carbonyl (C=O) groups excluding carboxylic acids is 2. The highest BCUT2D eigenvalue weighted by atomic mass is 19.4. The van der Waals surface area contributed by atoms with E-state index in [0.29, 0.717) is 22.9 Å². The fourth-order valence-electron chi connectivity index (χ4n) is 3.35. The highest BCUT2D eigenvalue weighted by molar-refractivity contribution is 6.04. The number of hydrogen-bond acceptors (Lipinski definition) is 5. The van der Waals surface area contributed by atoms with Gasteiger partial charge in [0.2, 0.25) is 11.8 Å². The number of aromatic nitrogens is 3. The van der Waals surface area contributed by atoms with Gasteiger partial charge in [-0.2, -0.15) is 13.2 Å². The number of nitrogens with one attached hydrogen (secondary N) is 2. The van der Waals surface area contributed by atoms with E-state index in [9.17, 15) is 22.8 Å². The van der Waals surface area contributed by atoms with Gasteiger partial charge in [-0.3, -0.25) is 9.59 Å². The average molecular weight is 481 g/mol. The quantitative estimate of drug-likeness (QED) is 0.397. The molecule has 2 N–H and O–H groups in total. The van der Waals surface area contributed by atoms with Crippen molar-refractivity contribution in [1.82, 2.24) is 14.6 Å². The van der Waals surface area contributed by atoms with E-state index in [1.807, 2.05) is 0 Å². The smallest absolute Gasteiger partial charge is 0.416 e. The summed E-state index contributed by atoms with van der Waals surface area (Å²) in [5.41, 5.74) is -0.175. The van der Waals surface area contributed by atoms with Gasteiger partial charge in [0, 0.05) is 29.3 Å². The Hall–Kier alpha value is -4.41. The summed E-state index contributed by atoms with van der Waals surface area (Å²) in [5.74, 6) is 0.275. The zero-order valence-electron chi connectivity index (χ0n) is 18.0. The number of hydrogen-bond donors (Lipinski definition) is 2. The molecule has 1 saturated carbocycles. The van der Waals surface area contributed by atoms with Crippen LogP contribution < -0.4 is 15.4 Å². The van der Waals surface area contributed by atoms with Crippen LogP contribution in [0.1, 0.15) is 28.8 Å². The molecule has 0 radical (unpaired) electrons. The van der Waals surface area contributed by atoms with Crippen molar-refractivity contribution in [3.05, 3.63) is 78.0 Å². The summed E-state index contributed by atoms with van der Waals surface area (Å²) >= 11 is 0. The summed E-state index contributed by atoms with van der Waals surface area (Å²) in [7, 11) is 0. The van der Waals surface area contributed by atoms with E-state index in [2.05, 4.69) is 20.7 Å². The van der Waals surface area contributed by atoms with E-state index in [-0.39, 0.29) is 23.3 Å². The minimum atomic E-state index is -4.54. The van der Waals surface area contributed by atoms with Crippen LogP contribution in [0.4, 0.5) is 24.7 Å². The minimum absolute atomic E-state index is 0.0491. The Morgan fingerprint density at radius 3 is 2.57 bits per heavy atom. The van der Waals surface area contributed by atoms with Gasteiger partial charge in [0.1, 0.15) is 5.75 Å². The maximum absolute atomic E-state index is 12.9. The van der Waals surface area contributed by atoms with Crippen LogP contribution >= 0.6 is 0 Å². The number of rotatable bonds is 6. The maximum Gasteiger partial charge on any atom is 0.416 e. The van der Waals surface area contributed by atoms with Crippen molar-refractivity contribution in [3.63, 3.8) is 0 Å². The summed E-state index contributed by atoms with van der Waals surface area (Å²) in [6.07, 6.45) is -1.20. The highest BCUT2D eigenvalue weighted by Crippen LogP contribution is 2.31. The Balaban J connectivity index is 1.28. The number of anilines is 2. The number of benzene rings is 2. The van der Waals surface area contributed by atoms with E-state index in [0.717, 1.165) is 25.0 Å². The van der Waals surface area contributed by atoms with Crippen LogP contribution in [0.3, 0.4) is 0 Å². The molecule has 1 aliphatic rings. The van der Waals surface area contributed by atoms with Crippen LogP contribution in [0.5, 0.6) is 11.6 Å². The highest BCUT2D eigenvalue weighted by Gasteiger charge is 2.31. The molecule has 2 heterocycles. The van der Waals surface area contributed by atoms with Gasteiger partial charge < -0.3 is 15.4 Å². The lowest BCUT2D eigenvalue weighted by molar-refractivity contribution is -0.137. The second kappa shape index (κ2) is 8.75. The van der Waals surface area contributed by atoms with E-state index in [1.54, 1.807) is 36.5 Å². The first kappa shape index (κ1) is 22.4. The molecule has 0 spiro atoms. The topological polar surface area (TPSA) is 97.6 Å². The average Bonchev–Trinajstić information content (AvgIpc) is 3.60. The lowest BCUT2D eigenvalue weighted by atomic mass is 10.1. The van der Waals surface area contributed by atoms with Gasteiger partial charge >= 0.3 is 6.18 Å². The molecule has 0 aliphatic heterocycles. The van der Waals surface area contributed by atoms with Gasteiger partial charge in [0.25, 0.3) is 5.91 Å². The lowest BCUT2D eigenvalue weighted by Gasteiger charge is -2.10. The first-order chi connectivity index (χ1) is 16.7. The van der Waals surface area contributed by atoms with Crippen molar-refractivity contribution in [2.75, 3.05) is 10.6 Å². The predicted octanol–water partition coefficient (Wildman–Crippen LogP) is 5.14. The predicted molar refractivity (Wildman–Crippen MR) is 120 cm³/mol. The first-order valence-electron chi connectivity index (χ1n) is 10.7. The molecule has 8 nitrogen and oxygen atoms in total. The molecule has 0 unspecified atom stereocenters. The van der Waals surface area contributed by atoms with Crippen LogP contribution in [0.25, 0.3) is 5.65 Å². The molecule has 2 aromatic heterocycles. The van der Waals surface area contributed by atoms with Crippen molar-refractivity contribution in [2.24, 2.45) is 5.92 Å². The van der Waals surface area contributed by atoms with E-state index < -0.39 is 17.6 Å². The molecule has 0 saturated heterocycles. The Bertz CT molecular complexity index is 1430. The standard InChI is InChI=1S/C24H18F3N5O3/c25-24(26,27)16-4-1-3-15(11-16)23(34)28-17-5-2-6-18(12-17)35-21-10-9-20-29-19(13-32(20)31-21)30-22(33)14-7-8-14/h1-6,9-14H,7-8H2,(H,28,34)(H,30,33).